The second-order valence-electron chi connectivity index (χ2n) is 1.66. The molecule has 2 heteroatoms. The van der Waals surface area contributed by atoms with E-state index in [9.17, 15) is 0 Å². The minimum absolute atomic E-state index is 0.757. The molecule has 0 saturated heterocycles. The molecule has 0 aliphatic rings. The Balaban J connectivity index is 2.94. The molecule has 0 atom stereocenters. The number of rotatable bonds is 6. The lowest BCUT2D eigenvalue weighted by Crippen LogP contribution is -1.90. The van der Waals surface area contributed by atoms with Crippen LogP contribution in [0.2, 0.25) is 0 Å². The van der Waals surface area contributed by atoms with Crippen molar-refractivity contribution < 1.29 is 9.47 Å². The van der Waals surface area contributed by atoms with Crippen molar-refractivity contribution in [2.24, 2.45) is 0 Å². The first-order valence-electron chi connectivity index (χ1n) is 3.41. The summed E-state index contributed by atoms with van der Waals surface area (Å²) in [7, 11) is 0. The molecular weight excluding hydrogens is 128 g/mol. The molecule has 0 fully saturated rings. The highest BCUT2D eigenvalue weighted by molar-refractivity contribution is 4.74. The van der Waals surface area contributed by atoms with Gasteiger partial charge in [-0.2, -0.15) is 0 Å². The van der Waals surface area contributed by atoms with Crippen LogP contribution in [0.25, 0.3) is 0 Å². The molecular formula is C8H14O2. The highest BCUT2D eigenvalue weighted by atomic mass is 16.5. The van der Waals surface area contributed by atoms with Gasteiger partial charge in [-0.3, -0.25) is 0 Å². The maximum atomic E-state index is 5.08. The molecule has 0 bridgehead atoms. The van der Waals surface area contributed by atoms with Crippen molar-refractivity contribution in [1.82, 2.24) is 0 Å². The zero-order valence-corrected chi connectivity index (χ0v) is 6.38. The normalized spacial score (nSPS) is 10.1. The van der Waals surface area contributed by atoms with Gasteiger partial charge in [-0.05, 0) is 19.4 Å². The molecule has 0 rings (SSSR count). The van der Waals surface area contributed by atoms with E-state index < -0.39 is 0 Å². The predicted octanol–water partition coefficient (Wildman–Crippen LogP) is 2.09. The summed E-state index contributed by atoms with van der Waals surface area (Å²) >= 11 is 0. The van der Waals surface area contributed by atoms with Crippen LogP contribution in [0.5, 0.6) is 0 Å². The van der Waals surface area contributed by atoms with Gasteiger partial charge in [0.05, 0.1) is 19.1 Å². The highest BCUT2D eigenvalue weighted by Crippen LogP contribution is 1.85. The fourth-order valence-corrected chi connectivity index (χ4v) is 0.475. The van der Waals surface area contributed by atoms with Gasteiger partial charge in [0.25, 0.3) is 0 Å². The Kier molecular flexibility index (Phi) is 7.61. The molecule has 0 unspecified atom stereocenters. The van der Waals surface area contributed by atoms with Gasteiger partial charge in [-0.25, -0.2) is 0 Å². The fraction of sp³-hybridized carbons (Fsp3) is 0.500. The molecule has 0 heterocycles. The van der Waals surface area contributed by atoms with Gasteiger partial charge < -0.3 is 9.47 Å². The van der Waals surface area contributed by atoms with Crippen LogP contribution in [0.1, 0.15) is 13.3 Å². The highest BCUT2D eigenvalue weighted by Gasteiger charge is 1.78. The van der Waals surface area contributed by atoms with Crippen molar-refractivity contribution in [2.75, 3.05) is 13.2 Å². The quantitative estimate of drug-likeness (QED) is 0.417. The standard InChI is InChI=1S/C8H14O2/c1-3-9-7-5-6-8-10-4-2/h3,5,7H,1,4,6,8H2,2H3. The third kappa shape index (κ3) is 7.24. The summed E-state index contributed by atoms with van der Waals surface area (Å²) in [6, 6.07) is 0. The summed E-state index contributed by atoms with van der Waals surface area (Å²) in [6.07, 6.45) is 5.78. The Labute approximate surface area is 62.1 Å². The maximum Gasteiger partial charge on any atom is 0.0862 e. The lowest BCUT2D eigenvalue weighted by molar-refractivity contribution is 0.152. The summed E-state index contributed by atoms with van der Waals surface area (Å²) in [5, 5.41) is 0. The Hall–Kier alpha value is -0.760. The molecule has 0 aromatic carbocycles. The first kappa shape index (κ1) is 9.24. The largest absolute Gasteiger partial charge is 0.474 e. The van der Waals surface area contributed by atoms with Crippen molar-refractivity contribution in [2.45, 2.75) is 13.3 Å². The van der Waals surface area contributed by atoms with Crippen LogP contribution in [-0.4, -0.2) is 13.2 Å². The lowest BCUT2D eigenvalue weighted by Gasteiger charge is -1.94. The Bertz CT molecular complexity index is 97.4. The van der Waals surface area contributed by atoms with Crippen molar-refractivity contribution in [1.29, 1.82) is 0 Å². The van der Waals surface area contributed by atoms with E-state index in [2.05, 4.69) is 6.58 Å². The number of hydrogen-bond acceptors (Lipinski definition) is 2. The molecule has 58 valence electrons. The van der Waals surface area contributed by atoms with Gasteiger partial charge in [0.2, 0.25) is 0 Å². The van der Waals surface area contributed by atoms with E-state index in [0.717, 1.165) is 19.6 Å². The van der Waals surface area contributed by atoms with Crippen LogP contribution in [0.15, 0.2) is 25.2 Å². The van der Waals surface area contributed by atoms with E-state index in [1.54, 1.807) is 6.26 Å². The zero-order chi connectivity index (χ0) is 7.66. The van der Waals surface area contributed by atoms with Crippen LogP contribution in [-0.2, 0) is 9.47 Å². The van der Waals surface area contributed by atoms with Crippen LogP contribution >= 0.6 is 0 Å². The molecule has 0 spiro atoms. The summed E-state index contributed by atoms with van der Waals surface area (Å²) in [4.78, 5) is 0. The van der Waals surface area contributed by atoms with Gasteiger partial charge in [0.15, 0.2) is 0 Å². The second-order valence-corrected chi connectivity index (χ2v) is 1.66. The molecule has 0 aliphatic carbocycles. The second kappa shape index (κ2) is 8.24. The van der Waals surface area contributed by atoms with Crippen molar-refractivity contribution >= 4 is 0 Å². The van der Waals surface area contributed by atoms with Gasteiger partial charge in [0, 0.05) is 6.61 Å². The van der Waals surface area contributed by atoms with Gasteiger partial charge in [-0.1, -0.05) is 6.58 Å². The molecule has 0 aromatic heterocycles. The van der Waals surface area contributed by atoms with E-state index in [1.807, 2.05) is 13.0 Å². The molecule has 0 aliphatic heterocycles. The third-order valence-corrected chi connectivity index (χ3v) is 0.904. The van der Waals surface area contributed by atoms with Crippen molar-refractivity contribution in [3.63, 3.8) is 0 Å². The topological polar surface area (TPSA) is 18.5 Å². The van der Waals surface area contributed by atoms with Crippen LogP contribution < -0.4 is 0 Å². The summed E-state index contributed by atoms with van der Waals surface area (Å²) in [6.45, 7) is 6.90. The first-order chi connectivity index (χ1) is 4.91. The summed E-state index contributed by atoms with van der Waals surface area (Å²) in [5.41, 5.74) is 0. The van der Waals surface area contributed by atoms with E-state index in [4.69, 9.17) is 9.47 Å². The van der Waals surface area contributed by atoms with E-state index in [0.29, 0.717) is 0 Å². The Morgan fingerprint density at radius 3 is 2.90 bits per heavy atom. The minimum atomic E-state index is 0.757. The summed E-state index contributed by atoms with van der Waals surface area (Å²) in [5.74, 6) is 0. The maximum absolute atomic E-state index is 5.08. The van der Waals surface area contributed by atoms with Crippen molar-refractivity contribution in [3.05, 3.63) is 25.2 Å². The smallest absolute Gasteiger partial charge is 0.0862 e. The fourth-order valence-electron chi connectivity index (χ4n) is 0.475. The van der Waals surface area contributed by atoms with Gasteiger partial charge in [-0.15, -0.1) is 0 Å². The van der Waals surface area contributed by atoms with Crippen LogP contribution in [0.4, 0.5) is 0 Å². The number of hydrogen-bond donors (Lipinski definition) is 0. The lowest BCUT2D eigenvalue weighted by atomic mass is 10.4. The number of ether oxygens (including phenoxy) is 2. The van der Waals surface area contributed by atoms with E-state index >= 15 is 0 Å². The molecule has 0 aromatic rings. The molecule has 2 nitrogen and oxygen atoms in total. The molecule has 0 amide bonds. The first-order valence-corrected chi connectivity index (χ1v) is 3.41. The molecule has 0 saturated carbocycles. The third-order valence-electron chi connectivity index (χ3n) is 0.904. The van der Waals surface area contributed by atoms with Crippen molar-refractivity contribution in [3.8, 4) is 0 Å². The van der Waals surface area contributed by atoms with E-state index in [-0.39, 0.29) is 0 Å². The minimum Gasteiger partial charge on any atom is -0.474 e. The molecule has 10 heavy (non-hydrogen) atoms. The monoisotopic (exact) mass is 142 g/mol. The summed E-state index contributed by atoms with van der Waals surface area (Å²) < 4.78 is 9.82. The van der Waals surface area contributed by atoms with Crippen LogP contribution in [0, 0.1) is 0 Å². The average Bonchev–Trinajstić information content (AvgIpc) is 1.97. The average molecular weight is 142 g/mol. The van der Waals surface area contributed by atoms with Crippen LogP contribution in [0.3, 0.4) is 0 Å². The van der Waals surface area contributed by atoms with Gasteiger partial charge in [0.1, 0.15) is 0 Å². The molecule has 0 radical (unpaired) electrons. The Morgan fingerprint density at radius 2 is 2.30 bits per heavy atom. The van der Waals surface area contributed by atoms with Gasteiger partial charge >= 0.3 is 0 Å². The molecule has 0 N–H and O–H groups in total. The SMILES string of the molecule is C=COC=CCCOCC. The predicted molar refractivity (Wildman–Crippen MR) is 41.5 cm³/mol. The zero-order valence-electron chi connectivity index (χ0n) is 6.38. The Morgan fingerprint density at radius 1 is 1.50 bits per heavy atom. The van der Waals surface area contributed by atoms with E-state index in [1.165, 1.54) is 6.26 Å².